The van der Waals surface area contributed by atoms with Crippen LogP contribution in [0.5, 0.6) is 0 Å². The predicted octanol–water partition coefficient (Wildman–Crippen LogP) is 3.63. The Morgan fingerprint density at radius 2 is 1.96 bits per heavy atom. The highest BCUT2D eigenvalue weighted by molar-refractivity contribution is 7.10. The molecule has 3 nitrogen and oxygen atoms in total. The third-order valence-corrected chi connectivity index (χ3v) is 5.44. The molecule has 0 atom stereocenters. The summed E-state index contributed by atoms with van der Waals surface area (Å²) >= 11 is 1.77. The van der Waals surface area contributed by atoms with Gasteiger partial charge in [-0.25, -0.2) is 0 Å². The van der Waals surface area contributed by atoms with Crippen molar-refractivity contribution in [2.24, 2.45) is 0 Å². The van der Waals surface area contributed by atoms with Gasteiger partial charge in [0, 0.05) is 36.1 Å². The maximum Gasteiger partial charge on any atom is 0.244 e. The highest BCUT2D eigenvalue weighted by atomic mass is 32.1. The van der Waals surface area contributed by atoms with Gasteiger partial charge in [0.05, 0.1) is 0 Å². The molecule has 1 aromatic carbocycles. The van der Waals surface area contributed by atoms with Crippen molar-refractivity contribution < 1.29 is 9.53 Å². The molecule has 0 unspecified atom stereocenters. The summed E-state index contributed by atoms with van der Waals surface area (Å²) in [5.41, 5.74) is 1.05. The molecule has 1 aliphatic rings. The van der Waals surface area contributed by atoms with Crippen LogP contribution in [0.3, 0.4) is 0 Å². The molecule has 0 aliphatic carbocycles. The van der Waals surface area contributed by atoms with Crippen LogP contribution in [0.15, 0.2) is 53.9 Å². The number of carbonyl (C=O) groups is 1. The molecule has 1 N–H and O–H groups in total. The number of benzene rings is 1. The number of ether oxygens (including phenoxy) is 1. The molecular weight excluding hydrogens is 306 g/mol. The zero-order chi connectivity index (χ0) is 16.0. The number of carbonyl (C=O) groups excluding carboxylic acids is 1. The summed E-state index contributed by atoms with van der Waals surface area (Å²) in [6.45, 7) is 2.18. The minimum absolute atomic E-state index is 0.0165. The maximum absolute atomic E-state index is 12.1. The van der Waals surface area contributed by atoms with Gasteiger partial charge in [-0.05, 0) is 35.9 Å². The van der Waals surface area contributed by atoms with E-state index in [4.69, 9.17) is 4.74 Å². The van der Waals surface area contributed by atoms with Crippen molar-refractivity contribution in [1.29, 1.82) is 0 Å². The predicted molar refractivity (Wildman–Crippen MR) is 94.5 cm³/mol. The van der Waals surface area contributed by atoms with E-state index >= 15 is 0 Å². The molecule has 2 heterocycles. The Morgan fingerprint density at radius 3 is 2.65 bits per heavy atom. The number of rotatable bonds is 5. The first-order chi connectivity index (χ1) is 11.3. The normalized spacial score (nSPS) is 17.2. The van der Waals surface area contributed by atoms with Crippen LogP contribution < -0.4 is 5.32 Å². The Labute approximate surface area is 141 Å². The zero-order valence-electron chi connectivity index (χ0n) is 13.0. The Balaban J connectivity index is 1.63. The van der Waals surface area contributed by atoms with Gasteiger partial charge >= 0.3 is 0 Å². The first-order valence-electron chi connectivity index (χ1n) is 7.91. The second-order valence-corrected chi connectivity index (χ2v) is 6.78. The summed E-state index contributed by atoms with van der Waals surface area (Å²) in [5, 5.41) is 5.18. The number of amides is 1. The zero-order valence-corrected chi connectivity index (χ0v) is 13.9. The van der Waals surface area contributed by atoms with E-state index in [9.17, 15) is 4.79 Å². The van der Waals surface area contributed by atoms with Gasteiger partial charge in [0.15, 0.2) is 0 Å². The second-order valence-electron chi connectivity index (χ2n) is 5.83. The average molecular weight is 327 g/mol. The van der Waals surface area contributed by atoms with Crippen molar-refractivity contribution in [1.82, 2.24) is 5.32 Å². The van der Waals surface area contributed by atoms with Crippen molar-refractivity contribution in [3.63, 3.8) is 0 Å². The Morgan fingerprint density at radius 1 is 1.17 bits per heavy atom. The minimum atomic E-state index is -0.0451. The van der Waals surface area contributed by atoms with Crippen LogP contribution in [0.25, 0.3) is 6.08 Å². The van der Waals surface area contributed by atoms with Crippen molar-refractivity contribution >= 4 is 23.3 Å². The van der Waals surface area contributed by atoms with Crippen LogP contribution in [0.2, 0.25) is 0 Å². The SMILES string of the molecule is O=C(/C=C/c1ccccc1)NCC1(c2cccs2)CCOCC1. The molecule has 2 aromatic rings. The van der Waals surface area contributed by atoms with Crippen LogP contribution in [0.1, 0.15) is 23.3 Å². The van der Waals surface area contributed by atoms with E-state index in [1.165, 1.54) is 4.88 Å². The largest absolute Gasteiger partial charge is 0.381 e. The Kier molecular flexibility index (Phi) is 5.26. The van der Waals surface area contributed by atoms with Crippen molar-refractivity contribution in [2.45, 2.75) is 18.3 Å². The van der Waals surface area contributed by atoms with Gasteiger partial charge in [-0.2, -0.15) is 0 Å². The van der Waals surface area contributed by atoms with Crippen LogP contribution >= 0.6 is 11.3 Å². The van der Waals surface area contributed by atoms with E-state index in [1.54, 1.807) is 17.4 Å². The van der Waals surface area contributed by atoms with E-state index in [1.807, 2.05) is 36.4 Å². The highest BCUT2D eigenvalue weighted by Crippen LogP contribution is 2.36. The molecular formula is C19H21NO2S. The minimum Gasteiger partial charge on any atom is -0.381 e. The molecule has 23 heavy (non-hydrogen) atoms. The molecule has 1 saturated heterocycles. The van der Waals surface area contributed by atoms with Gasteiger partial charge in [-0.3, -0.25) is 4.79 Å². The summed E-state index contributed by atoms with van der Waals surface area (Å²) < 4.78 is 5.51. The fraction of sp³-hybridized carbons (Fsp3) is 0.316. The topological polar surface area (TPSA) is 38.3 Å². The quantitative estimate of drug-likeness (QED) is 0.852. The maximum atomic E-state index is 12.1. The lowest BCUT2D eigenvalue weighted by Gasteiger charge is -2.36. The molecule has 3 rings (SSSR count). The van der Waals surface area contributed by atoms with Crippen molar-refractivity contribution in [3.05, 3.63) is 64.4 Å². The fourth-order valence-electron chi connectivity index (χ4n) is 2.90. The molecule has 0 bridgehead atoms. The molecule has 1 aliphatic heterocycles. The van der Waals surface area contributed by atoms with Crippen molar-refractivity contribution in [2.75, 3.05) is 19.8 Å². The lowest BCUT2D eigenvalue weighted by atomic mass is 9.78. The molecule has 120 valence electrons. The van der Waals surface area contributed by atoms with Gasteiger partial charge in [0.2, 0.25) is 5.91 Å². The van der Waals surface area contributed by atoms with Gasteiger partial charge < -0.3 is 10.1 Å². The summed E-state index contributed by atoms with van der Waals surface area (Å²) in [5.74, 6) is -0.0451. The first kappa shape index (κ1) is 16.0. The third kappa shape index (κ3) is 4.09. The number of nitrogens with one attached hydrogen (secondary N) is 1. The summed E-state index contributed by atoms with van der Waals surface area (Å²) in [4.78, 5) is 13.5. The fourth-order valence-corrected chi connectivity index (χ4v) is 3.89. The smallest absolute Gasteiger partial charge is 0.244 e. The van der Waals surface area contributed by atoms with Gasteiger partial charge in [-0.1, -0.05) is 36.4 Å². The molecule has 0 radical (unpaired) electrons. The van der Waals surface area contributed by atoms with Crippen LogP contribution in [0, 0.1) is 0 Å². The van der Waals surface area contributed by atoms with Crippen molar-refractivity contribution in [3.8, 4) is 0 Å². The monoisotopic (exact) mass is 327 g/mol. The summed E-state index contributed by atoms with van der Waals surface area (Å²) in [6.07, 6.45) is 5.36. The molecule has 0 saturated carbocycles. The standard InChI is InChI=1S/C19H21NO2S/c21-18(9-8-16-5-2-1-3-6-16)20-15-19(10-12-22-13-11-19)17-7-4-14-23-17/h1-9,14H,10-13,15H2,(H,20,21)/b9-8+. The molecule has 1 fully saturated rings. The van der Waals surface area contributed by atoms with Crippen LogP contribution in [-0.4, -0.2) is 25.7 Å². The van der Waals surface area contributed by atoms with Gasteiger partial charge in [0.25, 0.3) is 0 Å². The van der Waals surface area contributed by atoms with E-state index in [2.05, 4.69) is 22.8 Å². The summed E-state index contributed by atoms with van der Waals surface area (Å²) in [7, 11) is 0. The third-order valence-electron chi connectivity index (χ3n) is 4.32. The lowest BCUT2D eigenvalue weighted by Crippen LogP contribution is -2.43. The number of hydrogen-bond donors (Lipinski definition) is 1. The van der Waals surface area contributed by atoms with Crippen LogP contribution in [-0.2, 0) is 14.9 Å². The van der Waals surface area contributed by atoms with Crippen LogP contribution in [0.4, 0.5) is 0 Å². The first-order valence-corrected chi connectivity index (χ1v) is 8.79. The van der Waals surface area contributed by atoms with E-state index < -0.39 is 0 Å². The Hall–Kier alpha value is -1.91. The van der Waals surface area contributed by atoms with E-state index in [-0.39, 0.29) is 11.3 Å². The molecule has 0 spiro atoms. The number of thiophene rings is 1. The number of hydrogen-bond acceptors (Lipinski definition) is 3. The Bertz CT molecular complexity index is 643. The second kappa shape index (κ2) is 7.57. The average Bonchev–Trinajstić information content (AvgIpc) is 3.15. The molecule has 4 heteroatoms. The van der Waals surface area contributed by atoms with E-state index in [0.717, 1.165) is 31.6 Å². The molecule has 1 amide bonds. The molecule has 1 aromatic heterocycles. The highest BCUT2D eigenvalue weighted by Gasteiger charge is 2.35. The summed E-state index contributed by atoms with van der Waals surface area (Å²) in [6, 6.07) is 14.1. The van der Waals surface area contributed by atoms with Gasteiger partial charge in [-0.15, -0.1) is 11.3 Å². The van der Waals surface area contributed by atoms with Gasteiger partial charge in [0.1, 0.15) is 0 Å². The van der Waals surface area contributed by atoms with E-state index in [0.29, 0.717) is 6.54 Å². The lowest BCUT2D eigenvalue weighted by molar-refractivity contribution is -0.116.